The number of sulfonamides is 1. The smallest absolute Gasteiger partial charge is 0.262 e. The first kappa shape index (κ1) is 20.7. The van der Waals surface area contributed by atoms with Crippen molar-refractivity contribution >= 4 is 10.0 Å². The molecule has 4 rings (SSSR count). The molecule has 6 nitrogen and oxygen atoms in total. The molecule has 0 spiro atoms. The van der Waals surface area contributed by atoms with Crippen molar-refractivity contribution in [2.45, 2.75) is 37.1 Å². The molecular formula is C22H25FN4O2S. The summed E-state index contributed by atoms with van der Waals surface area (Å²) in [6.07, 6.45) is 5.12. The van der Waals surface area contributed by atoms with Crippen LogP contribution in [0.1, 0.15) is 41.3 Å². The minimum atomic E-state index is -3.63. The minimum absolute atomic E-state index is 0.00323. The van der Waals surface area contributed by atoms with Crippen molar-refractivity contribution in [2.75, 3.05) is 13.1 Å². The number of hydrogen-bond donors (Lipinski definition) is 0. The fourth-order valence-corrected chi connectivity index (χ4v) is 5.49. The molecule has 1 aliphatic heterocycles. The number of hydrogen-bond acceptors (Lipinski definition) is 4. The predicted molar refractivity (Wildman–Crippen MR) is 112 cm³/mol. The van der Waals surface area contributed by atoms with Gasteiger partial charge in [-0.25, -0.2) is 17.8 Å². The van der Waals surface area contributed by atoms with Crippen LogP contribution in [-0.2, 0) is 23.5 Å². The molecule has 0 radical (unpaired) electrons. The van der Waals surface area contributed by atoms with Gasteiger partial charge in [-0.3, -0.25) is 4.98 Å². The summed E-state index contributed by atoms with van der Waals surface area (Å²) in [6.45, 7) is 2.76. The fraction of sp³-hybridized carbons (Fsp3) is 0.364. The summed E-state index contributed by atoms with van der Waals surface area (Å²) in [5.74, 6) is -0.227. The van der Waals surface area contributed by atoms with Gasteiger partial charge in [0.05, 0.1) is 6.33 Å². The lowest BCUT2D eigenvalue weighted by Crippen LogP contribution is -2.39. The normalized spacial score (nSPS) is 17.9. The second kappa shape index (κ2) is 8.28. The quantitative estimate of drug-likeness (QED) is 0.625. The molecule has 0 N–H and O–H groups in total. The molecule has 158 valence electrons. The highest BCUT2D eigenvalue weighted by Crippen LogP contribution is 2.30. The Hall–Kier alpha value is -2.58. The number of halogens is 1. The average Bonchev–Trinajstić information content (AvgIpc) is 3.17. The van der Waals surface area contributed by atoms with E-state index >= 15 is 0 Å². The molecule has 0 saturated carbocycles. The van der Waals surface area contributed by atoms with Crippen LogP contribution in [0.15, 0.2) is 53.9 Å². The second-order valence-corrected chi connectivity index (χ2v) is 9.77. The van der Waals surface area contributed by atoms with E-state index in [1.807, 2.05) is 25.1 Å². The molecule has 0 bridgehead atoms. The number of rotatable bonds is 5. The van der Waals surface area contributed by atoms with Crippen molar-refractivity contribution < 1.29 is 12.8 Å². The van der Waals surface area contributed by atoms with E-state index in [1.54, 1.807) is 23.7 Å². The van der Waals surface area contributed by atoms with Gasteiger partial charge in [0.1, 0.15) is 5.82 Å². The van der Waals surface area contributed by atoms with Crippen LogP contribution < -0.4 is 0 Å². The van der Waals surface area contributed by atoms with E-state index in [0.717, 1.165) is 29.8 Å². The second-order valence-electron chi connectivity index (χ2n) is 7.89. The molecule has 30 heavy (non-hydrogen) atoms. The zero-order valence-corrected chi connectivity index (χ0v) is 17.9. The molecule has 3 heterocycles. The van der Waals surface area contributed by atoms with Crippen molar-refractivity contribution in [1.29, 1.82) is 0 Å². The summed E-state index contributed by atoms with van der Waals surface area (Å²) in [4.78, 5) is 8.71. The van der Waals surface area contributed by atoms with Gasteiger partial charge in [0.2, 0.25) is 0 Å². The van der Waals surface area contributed by atoms with Gasteiger partial charge < -0.3 is 4.57 Å². The Morgan fingerprint density at radius 1 is 1.23 bits per heavy atom. The number of aryl methyl sites for hydroxylation is 2. The van der Waals surface area contributed by atoms with E-state index in [9.17, 15) is 12.8 Å². The van der Waals surface area contributed by atoms with Crippen molar-refractivity contribution in [3.8, 4) is 0 Å². The SMILES string of the molecule is Cc1cc(Cc2ccccc2F)cc(C2CCCN(S(=O)(=O)c3cn(C)cn3)C2)n1. The number of aromatic nitrogens is 3. The molecule has 3 aromatic rings. The number of piperidine rings is 1. The largest absolute Gasteiger partial charge is 0.339 e. The topological polar surface area (TPSA) is 68.1 Å². The highest BCUT2D eigenvalue weighted by Gasteiger charge is 2.33. The molecule has 1 unspecified atom stereocenters. The van der Waals surface area contributed by atoms with E-state index in [2.05, 4.69) is 9.97 Å². The maximum Gasteiger partial charge on any atom is 0.262 e. The first-order valence-corrected chi connectivity index (χ1v) is 11.5. The Morgan fingerprint density at radius 3 is 2.77 bits per heavy atom. The third kappa shape index (κ3) is 4.29. The van der Waals surface area contributed by atoms with Gasteiger partial charge in [0, 0.05) is 50.1 Å². The molecule has 1 aromatic carbocycles. The van der Waals surface area contributed by atoms with Gasteiger partial charge >= 0.3 is 0 Å². The van der Waals surface area contributed by atoms with Crippen LogP contribution in [-0.4, -0.2) is 40.3 Å². The summed E-state index contributed by atoms with van der Waals surface area (Å²) in [5.41, 5.74) is 3.33. The van der Waals surface area contributed by atoms with Crippen molar-refractivity contribution in [3.63, 3.8) is 0 Å². The average molecular weight is 429 g/mol. The standard InChI is InChI=1S/C22H25FN4O2S/c1-16-10-17(11-18-6-3-4-8-20(18)23)12-21(25-16)19-7-5-9-27(13-19)30(28,29)22-14-26(2)15-24-22/h3-4,6,8,10,12,14-15,19H,5,7,9,11,13H2,1-2H3. The Balaban J connectivity index is 1.58. The van der Waals surface area contributed by atoms with E-state index < -0.39 is 10.0 Å². The summed E-state index contributed by atoms with van der Waals surface area (Å²) >= 11 is 0. The minimum Gasteiger partial charge on any atom is -0.339 e. The highest BCUT2D eigenvalue weighted by atomic mass is 32.2. The Morgan fingerprint density at radius 2 is 2.03 bits per heavy atom. The molecule has 1 fully saturated rings. The van der Waals surface area contributed by atoms with Gasteiger partial charge in [0.25, 0.3) is 10.0 Å². The first-order valence-electron chi connectivity index (χ1n) is 10.0. The summed E-state index contributed by atoms with van der Waals surface area (Å²) in [6, 6.07) is 10.7. The van der Waals surface area contributed by atoms with Gasteiger partial charge in [0.15, 0.2) is 5.03 Å². The Kier molecular flexibility index (Phi) is 5.71. The number of benzene rings is 1. The van der Waals surface area contributed by atoms with Gasteiger partial charge in [-0.05, 0) is 49.1 Å². The zero-order valence-electron chi connectivity index (χ0n) is 17.1. The van der Waals surface area contributed by atoms with Crippen molar-refractivity contribution in [1.82, 2.24) is 18.8 Å². The first-order chi connectivity index (χ1) is 14.3. The Labute approximate surface area is 176 Å². The fourth-order valence-electron chi connectivity index (χ4n) is 4.00. The van der Waals surface area contributed by atoms with Gasteiger partial charge in [-0.1, -0.05) is 18.2 Å². The van der Waals surface area contributed by atoms with Crippen LogP contribution in [0.25, 0.3) is 0 Å². The van der Waals surface area contributed by atoms with E-state index in [-0.39, 0.29) is 16.8 Å². The van der Waals surface area contributed by atoms with Gasteiger partial charge in [-0.2, -0.15) is 4.31 Å². The van der Waals surface area contributed by atoms with Crippen LogP contribution in [0.5, 0.6) is 0 Å². The zero-order chi connectivity index (χ0) is 21.3. The molecule has 2 aromatic heterocycles. The van der Waals surface area contributed by atoms with Crippen LogP contribution in [0, 0.1) is 12.7 Å². The van der Waals surface area contributed by atoms with E-state index in [4.69, 9.17) is 0 Å². The predicted octanol–water partition coefficient (Wildman–Crippen LogP) is 3.42. The van der Waals surface area contributed by atoms with Crippen LogP contribution >= 0.6 is 0 Å². The number of imidazole rings is 1. The third-order valence-corrected chi connectivity index (χ3v) is 7.22. The molecule has 0 amide bonds. The molecule has 1 atom stereocenters. The number of nitrogens with zero attached hydrogens (tertiary/aromatic N) is 4. The van der Waals surface area contributed by atoms with E-state index in [1.165, 1.54) is 22.9 Å². The van der Waals surface area contributed by atoms with Gasteiger partial charge in [-0.15, -0.1) is 0 Å². The molecular weight excluding hydrogens is 403 g/mol. The van der Waals surface area contributed by atoms with Crippen molar-refractivity contribution in [3.05, 3.63) is 77.3 Å². The lowest BCUT2D eigenvalue weighted by atomic mass is 9.93. The third-order valence-electron chi connectivity index (χ3n) is 5.47. The van der Waals surface area contributed by atoms with E-state index in [0.29, 0.717) is 25.1 Å². The number of pyridine rings is 1. The maximum atomic E-state index is 14.1. The highest BCUT2D eigenvalue weighted by molar-refractivity contribution is 7.89. The lowest BCUT2D eigenvalue weighted by Gasteiger charge is -2.31. The maximum absolute atomic E-state index is 14.1. The molecule has 1 saturated heterocycles. The summed E-state index contributed by atoms with van der Waals surface area (Å²) in [7, 11) is -1.88. The summed E-state index contributed by atoms with van der Waals surface area (Å²) < 4.78 is 43.2. The van der Waals surface area contributed by atoms with Crippen LogP contribution in [0.3, 0.4) is 0 Å². The van der Waals surface area contributed by atoms with Crippen molar-refractivity contribution in [2.24, 2.45) is 7.05 Å². The van der Waals surface area contributed by atoms with Crippen LogP contribution in [0.4, 0.5) is 4.39 Å². The molecule has 8 heteroatoms. The summed E-state index contributed by atoms with van der Waals surface area (Å²) in [5, 5.41) is 0.0723. The monoisotopic (exact) mass is 428 g/mol. The lowest BCUT2D eigenvalue weighted by molar-refractivity contribution is 0.311. The Bertz CT molecular complexity index is 1160. The van der Waals surface area contributed by atoms with Crippen LogP contribution in [0.2, 0.25) is 0 Å². The molecule has 0 aliphatic carbocycles. The molecule has 1 aliphatic rings.